The van der Waals surface area contributed by atoms with Gasteiger partial charge in [-0.05, 0) is 39.4 Å². The predicted octanol–water partition coefficient (Wildman–Crippen LogP) is 2.18. The Bertz CT molecular complexity index is 246. The molecule has 112 valence electrons. The summed E-state index contributed by atoms with van der Waals surface area (Å²) >= 11 is 0. The van der Waals surface area contributed by atoms with Crippen LogP contribution in [0.4, 0.5) is 0 Å². The molecule has 2 unspecified atom stereocenters. The van der Waals surface area contributed by atoms with Gasteiger partial charge >= 0.3 is 0 Å². The van der Waals surface area contributed by atoms with E-state index in [0.29, 0.717) is 6.04 Å². The lowest BCUT2D eigenvalue weighted by Crippen LogP contribution is -2.46. The van der Waals surface area contributed by atoms with Crippen molar-refractivity contribution >= 4 is 0 Å². The topological polar surface area (TPSA) is 18.5 Å². The molecule has 19 heavy (non-hydrogen) atoms. The van der Waals surface area contributed by atoms with Gasteiger partial charge in [-0.25, -0.2) is 0 Å². The minimum Gasteiger partial charge on any atom is -0.311 e. The second-order valence-corrected chi connectivity index (χ2v) is 7.07. The molecule has 3 nitrogen and oxygen atoms in total. The molecule has 2 atom stereocenters. The van der Waals surface area contributed by atoms with E-state index in [0.717, 1.165) is 18.5 Å². The van der Waals surface area contributed by atoms with Crippen molar-refractivity contribution in [3.63, 3.8) is 0 Å². The number of nitrogens with one attached hydrogen (secondary N) is 1. The molecule has 2 rings (SSSR count). The number of hydrogen-bond acceptors (Lipinski definition) is 3. The summed E-state index contributed by atoms with van der Waals surface area (Å²) < 4.78 is 0. The van der Waals surface area contributed by atoms with Crippen molar-refractivity contribution in [2.45, 2.75) is 57.5 Å². The van der Waals surface area contributed by atoms with Crippen LogP contribution in [0.5, 0.6) is 0 Å². The Kier molecular flexibility index (Phi) is 6.11. The Morgan fingerprint density at radius 2 is 1.74 bits per heavy atom. The van der Waals surface area contributed by atoms with Crippen LogP contribution in [-0.4, -0.2) is 62.2 Å². The Labute approximate surface area is 119 Å². The van der Waals surface area contributed by atoms with E-state index in [4.69, 9.17) is 0 Å². The molecule has 1 heterocycles. The van der Waals surface area contributed by atoms with Gasteiger partial charge in [-0.1, -0.05) is 32.6 Å². The van der Waals surface area contributed by atoms with Crippen LogP contribution in [0.25, 0.3) is 0 Å². The third-order valence-corrected chi connectivity index (χ3v) is 4.68. The van der Waals surface area contributed by atoms with Crippen LogP contribution >= 0.6 is 0 Å². The van der Waals surface area contributed by atoms with Gasteiger partial charge in [-0.2, -0.15) is 0 Å². The van der Waals surface area contributed by atoms with E-state index < -0.39 is 0 Å². The zero-order valence-electron chi connectivity index (χ0n) is 13.2. The fourth-order valence-corrected chi connectivity index (χ4v) is 3.74. The van der Waals surface area contributed by atoms with Crippen LogP contribution in [0.15, 0.2) is 0 Å². The number of hydrogen-bond donors (Lipinski definition) is 1. The minimum absolute atomic E-state index is 0.642. The van der Waals surface area contributed by atoms with Crippen LogP contribution in [0.2, 0.25) is 0 Å². The van der Waals surface area contributed by atoms with Crippen LogP contribution in [0.3, 0.4) is 0 Å². The average Bonchev–Trinajstić information content (AvgIpc) is 2.70. The van der Waals surface area contributed by atoms with E-state index >= 15 is 0 Å². The molecule has 0 radical (unpaired) electrons. The molecule has 1 N–H and O–H groups in total. The monoisotopic (exact) mass is 267 g/mol. The van der Waals surface area contributed by atoms with Gasteiger partial charge in [-0.15, -0.1) is 0 Å². The van der Waals surface area contributed by atoms with Gasteiger partial charge in [0.15, 0.2) is 0 Å². The summed E-state index contributed by atoms with van der Waals surface area (Å²) in [6, 6.07) is 1.50. The molecule has 0 bridgehead atoms. The van der Waals surface area contributed by atoms with Crippen molar-refractivity contribution in [1.29, 1.82) is 0 Å². The normalized spacial score (nSPS) is 32.2. The summed E-state index contributed by atoms with van der Waals surface area (Å²) in [6.45, 7) is 7.28. The highest BCUT2D eigenvalue weighted by molar-refractivity contribution is 4.85. The lowest BCUT2D eigenvalue weighted by atomic mass is 10.0. The maximum absolute atomic E-state index is 3.76. The molecule has 1 saturated carbocycles. The predicted molar refractivity (Wildman–Crippen MR) is 82.6 cm³/mol. The van der Waals surface area contributed by atoms with Gasteiger partial charge in [0.2, 0.25) is 0 Å². The van der Waals surface area contributed by atoms with Crippen molar-refractivity contribution in [1.82, 2.24) is 15.1 Å². The summed E-state index contributed by atoms with van der Waals surface area (Å²) in [5.74, 6) is 0.787. The number of likely N-dealkylation sites (N-methyl/N-ethyl adjacent to an activating group) is 1. The van der Waals surface area contributed by atoms with E-state index in [1.165, 1.54) is 58.2 Å². The average molecular weight is 267 g/mol. The van der Waals surface area contributed by atoms with Crippen molar-refractivity contribution in [2.75, 3.05) is 40.3 Å². The SMILES string of the molecule is CC1CNC(CN(C)C)CN(C2CCCCCC2)C1. The van der Waals surface area contributed by atoms with Crippen LogP contribution in [-0.2, 0) is 0 Å². The Morgan fingerprint density at radius 3 is 2.37 bits per heavy atom. The maximum Gasteiger partial charge on any atom is 0.0322 e. The molecule has 2 aliphatic rings. The maximum atomic E-state index is 3.76. The molecule has 0 aromatic rings. The summed E-state index contributed by atoms with van der Waals surface area (Å²) in [6.07, 6.45) is 8.67. The highest BCUT2D eigenvalue weighted by atomic mass is 15.2. The lowest BCUT2D eigenvalue weighted by Gasteiger charge is -2.33. The summed E-state index contributed by atoms with van der Waals surface area (Å²) in [5.41, 5.74) is 0. The van der Waals surface area contributed by atoms with E-state index in [-0.39, 0.29) is 0 Å². The Morgan fingerprint density at radius 1 is 1.05 bits per heavy atom. The third kappa shape index (κ3) is 5.05. The van der Waals surface area contributed by atoms with E-state index in [2.05, 4.69) is 36.1 Å². The number of rotatable bonds is 3. The highest BCUT2D eigenvalue weighted by Crippen LogP contribution is 2.23. The molecular weight excluding hydrogens is 234 g/mol. The van der Waals surface area contributed by atoms with Crippen LogP contribution in [0.1, 0.15) is 45.4 Å². The molecule has 2 fully saturated rings. The quantitative estimate of drug-likeness (QED) is 0.791. The molecule has 0 aromatic carbocycles. The highest BCUT2D eigenvalue weighted by Gasteiger charge is 2.27. The molecule has 0 spiro atoms. The second kappa shape index (κ2) is 7.61. The van der Waals surface area contributed by atoms with Gasteiger partial charge in [0.05, 0.1) is 0 Å². The molecule has 3 heteroatoms. The van der Waals surface area contributed by atoms with Gasteiger partial charge in [0, 0.05) is 31.7 Å². The van der Waals surface area contributed by atoms with Crippen LogP contribution < -0.4 is 5.32 Å². The molecule has 1 saturated heterocycles. The van der Waals surface area contributed by atoms with Gasteiger partial charge in [-0.3, -0.25) is 4.90 Å². The third-order valence-electron chi connectivity index (χ3n) is 4.68. The Hall–Kier alpha value is -0.120. The molecule has 1 aliphatic heterocycles. The molecule has 0 aromatic heterocycles. The first kappa shape index (κ1) is 15.3. The van der Waals surface area contributed by atoms with Gasteiger partial charge in [0.25, 0.3) is 0 Å². The largest absolute Gasteiger partial charge is 0.311 e. The van der Waals surface area contributed by atoms with Crippen molar-refractivity contribution in [3.05, 3.63) is 0 Å². The minimum atomic E-state index is 0.642. The molecular formula is C16H33N3. The first-order chi connectivity index (χ1) is 9.15. The second-order valence-electron chi connectivity index (χ2n) is 7.07. The van der Waals surface area contributed by atoms with Gasteiger partial charge in [0.1, 0.15) is 0 Å². The van der Waals surface area contributed by atoms with Crippen molar-refractivity contribution in [3.8, 4) is 0 Å². The van der Waals surface area contributed by atoms with E-state index in [1.54, 1.807) is 0 Å². The number of nitrogens with zero attached hydrogens (tertiary/aromatic N) is 2. The lowest BCUT2D eigenvalue weighted by molar-refractivity contribution is 0.155. The summed E-state index contributed by atoms with van der Waals surface area (Å²) in [7, 11) is 4.37. The van der Waals surface area contributed by atoms with Gasteiger partial charge < -0.3 is 10.2 Å². The fraction of sp³-hybridized carbons (Fsp3) is 1.00. The Balaban J connectivity index is 1.95. The molecule has 0 amide bonds. The standard InChI is InChI=1S/C16H33N3/c1-14-10-17-15(12-18(2)3)13-19(11-14)16-8-6-4-5-7-9-16/h14-17H,4-13H2,1-3H3. The summed E-state index contributed by atoms with van der Waals surface area (Å²) in [5, 5.41) is 3.76. The zero-order chi connectivity index (χ0) is 13.7. The van der Waals surface area contributed by atoms with E-state index in [1.807, 2.05) is 0 Å². The van der Waals surface area contributed by atoms with Crippen molar-refractivity contribution < 1.29 is 0 Å². The molecule has 1 aliphatic carbocycles. The van der Waals surface area contributed by atoms with Crippen molar-refractivity contribution in [2.24, 2.45) is 5.92 Å². The van der Waals surface area contributed by atoms with Crippen LogP contribution in [0, 0.1) is 5.92 Å². The fourth-order valence-electron chi connectivity index (χ4n) is 3.74. The zero-order valence-corrected chi connectivity index (χ0v) is 13.2. The van der Waals surface area contributed by atoms with E-state index in [9.17, 15) is 0 Å². The smallest absolute Gasteiger partial charge is 0.0322 e. The first-order valence-electron chi connectivity index (χ1n) is 8.27. The first-order valence-corrected chi connectivity index (χ1v) is 8.27. The summed E-state index contributed by atoms with van der Waals surface area (Å²) in [4.78, 5) is 5.13.